The molecule has 0 bridgehead atoms. The molecule has 0 saturated carbocycles. The molecule has 0 amide bonds. The molecule has 16 heavy (non-hydrogen) atoms. The van der Waals surface area contributed by atoms with Crippen LogP contribution < -0.4 is 10.5 Å². The maximum atomic E-state index is 5.66. The normalized spacial score (nSPS) is 10.7. The predicted octanol–water partition coefficient (Wildman–Crippen LogP) is 2.38. The van der Waals surface area contributed by atoms with Crippen molar-refractivity contribution in [3.05, 3.63) is 24.3 Å². The lowest BCUT2D eigenvalue weighted by atomic mass is 10.3. The van der Waals surface area contributed by atoms with Gasteiger partial charge in [-0.05, 0) is 38.6 Å². The highest BCUT2D eigenvalue weighted by atomic mass is 16.5. The van der Waals surface area contributed by atoms with Crippen molar-refractivity contribution < 1.29 is 4.74 Å². The van der Waals surface area contributed by atoms with Gasteiger partial charge in [0.25, 0.3) is 0 Å². The van der Waals surface area contributed by atoms with Gasteiger partial charge in [0.1, 0.15) is 5.75 Å². The minimum Gasteiger partial charge on any atom is -0.493 e. The van der Waals surface area contributed by atoms with E-state index in [2.05, 4.69) is 18.9 Å². The molecule has 90 valence electrons. The summed E-state index contributed by atoms with van der Waals surface area (Å²) in [5.41, 5.74) is 6.41. The Hall–Kier alpha value is -1.22. The Morgan fingerprint density at radius 1 is 1.31 bits per heavy atom. The van der Waals surface area contributed by atoms with Gasteiger partial charge in [-0.25, -0.2) is 0 Å². The van der Waals surface area contributed by atoms with E-state index in [1.165, 1.54) is 6.42 Å². The van der Waals surface area contributed by atoms with Crippen molar-refractivity contribution in [1.29, 1.82) is 0 Å². The Morgan fingerprint density at radius 2 is 2.12 bits per heavy atom. The largest absolute Gasteiger partial charge is 0.493 e. The van der Waals surface area contributed by atoms with Crippen molar-refractivity contribution in [3.8, 4) is 5.75 Å². The van der Waals surface area contributed by atoms with Crippen molar-refractivity contribution >= 4 is 5.69 Å². The van der Waals surface area contributed by atoms with Crippen LogP contribution in [0.25, 0.3) is 0 Å². The topological polar surface area (TPSA) is 38.5 Å². The molecule has 0 aliphatic heterocycles. The van der Waals surface area contributed by atoms with E-state index >= 15 is 0 Å². The molecule has 0 aliphatic carbocycles. The first-order chi connectivity index (χ1) is 7.72. The summed E-state index contributed by atoms with van der Waals surface area (Å²) in [5.74, 6) is 0.859. The van der Waals surface area contributed by atoms with Gasteiger partial charge in [0, 0.05) is 18.3 Å². The van der Waals surface area contributed by atoms with Crippen molar-refractivity contribution in [2.45, 2.75) is 19.8 Å². The second-order valence-corrected chi connectivity index (χ2v) is 4.08. The third kappa shape index (κ3) is 5.03. The monoisotopic (exact) mass is 222 g/mol. The zero-order valence-electron chi connectivity index (χ0n) is 10.3. The van der Waals surface area contributed by atoms with Crippen LogP contribution in [-0.4, -0.2) is 31.6 Å². The van der Waals surface area contributed by atoms with Crippen LogP contribution in [0.5, 0.6) is 5.75 Å². The fourth-order valence-corrected chi connectivity index (χ4v) is 1.62. The van der Waals surface area contributed by atoms with E-state index in [-0.39, 0.29) is 0 Å². The van der Waals surface area contributed by atoms with Crippen LogP contribution in [0.2, 0.25) is 0 Å². The van der Waals surface area contributed by atoms with E-state index in [1.54, 1.807) is 0 Å². The molecule has 1 aromatic carbocycles. The summed E-state index contributed by atoms with van der Waals surface area (Å²) >= 11 is 0. The van der Waals surface area contributed by atoms with E-state index < -0.39 is 0 Å². The molecule has 0 atom stereocenters. The minimum atomic E-state index is 0.748. The van der Waals surface area contributed by atoms with Crippen LogP contribution in [0.15, 0.2) is 24.3 Å². The highest BCUT2D eigenvalue weighted by Crippen LogP contribution is 2.14. The van der Waals surface area contributed by atoms with Gasteiger partial charge in [0.15, 0.2) is 0 Å². The molecule has 0 heterocycles. The van der Waals surface area contributed by atoms with Gasteiger partial charge in [0.05, 0.1) is 6.61 Å². The zero-order valence-corrected chi connectivity index (χ0v) is 10.3. The quantitative estimate of drug-likeness (QED) is 0.568. The SMILES string of the molecule is CCCN(C)CCCOc1cccc(N)c1. The first-order valence-electron chi connectivity index (χ1n) is 5.89. The number of anilines is 1. The zero-order chi connectivity index (χ0) is 11.8. The predicted molar refractivity (Wildman–Crippen MR) is 68.8 cm³/mol. The molecule has 0 saturated heterocycles. The maximum Gasteiger partial charge on any atom is 0.121 e. The Bertz CT molecular complexity index is 302. The summed E-state index contributed by atoms with van der Waals surface area (Å²) in [7, 11) is 2.14. The van der Waals surface area contributed by atoms with Crippen LogP contribution in [0.4, 0.5) is 5.69 Å². The first-order valence-corrected chi connectivity index (χ1v) is 5.89. The lowest BCUT2D eigenvalue weighted by Gasteiger charge is -2.15. The highest BCUT2D eigenvalue weighted by molar-refractivity contribution is 5.43. The Balaban J connectivity index is 2.16. The van der Waals surface area contributed by atoms with Crippen molar-refractivity contribution in [3.63, 3.8) is 0 Å². The molecule has 2 N–H and O–H groups in total. The number of hydrogen-bond acceptors (Lipinski definition) is 3. The number of hydrogen-bond donors (Lipinski definition) is 1. The van der Waals surface area contributed by atoms with E-state index in [0.29, 0.717) is 0 Å². The lowest BCUT2D eigenvalue weighted by Crippen LogP contribution is -2.21. The Morgan fingerprint density at radius 3 is 2.81 bits per heavy atom. The Kier molecular flexibility index (Phi) is 5.72. The molecular formula is C13H22N2O. The average molecular weight is 222 g/mol. The summed E-state index contributed by atoms with van der Waals surface area (Å²) in [6.45, 7) is 5.17. The molecule has 1 rings (SSSR count). The van der Waals surface area contributed by atoms with E-state index in [9.17, 15) is 0 Å². The number of nitrogen functional groups attached to an aromatic ring is 1. The van der Waals surface area contributed by atoms with Crippen LogP contribution in [0.1, 0.15) is 19.8 Å². The molecule has 0 aromatic heterocycles. The second kappa shape index (κ2) is 7.12. The van der Waals surface area contributed by atoms with Gasteiger partial charge >= 0.3 is 0 Å². The number of nitrogens with zero attached hydrogens (tertiary/aromatic N) is 1. The molecule has 0 radical (unpaired) electrons. The standard InChI is InChI=1S/C13H22N2O/c1-3-8-15(2)9-5-10-16-13-7-4-6-12(14)11-13/h4,6-7,11H,3,5,8-10,14H2,1-2H3. The van der Waals surface area contributed by atoms with Crippen LogP contribution in [-0.2, 0) is 0 Å². The summed E-state index contributed by atoms with van der Waals surface area (Å²) in [6, 6.07) is 7.57. The summed E-state index contributed by atoms with van der Waals surface area (Å²) in [5, 5.41) is 0. The summed E-state index contributed by atoms with van der Waals surface area (Å²) in [4.78, 5) is 2.32. The van der Waals surface area contributed by atoms with Gasteiger partial charge in [-0.3, -0.25) is 0 Å². The molecule has 0 fully saturated rings. The van der Waals surface area contributed by atoms with Gasteiger partial charge in [-0.2, -0.15) is 0 Å². The number of ether oxygens (including phenoxy) is 1. The van der Waals surface area contributed by atoms with Crippen LogP contribution >= 0.6 is 0 Å². The molecule has 1 aromatic rings. The smallest absolute Gasteiger partial charge is 0.121 e. The van der Waals surface area contributed by atoms with Crippen molar-refractivity contribution in [2.24, 2.45) is 0 Å². The second-order valence-electron chi connectivity index (χ2n) is 4.08. The third-order valence-electron chi connectivity index (χ3n) is 2.42. The van der Waals surface area contributed by atoms with E-state index in [1.807, 2.05) is 24.3 Å². The fraction of sp³-hybridized carbons (Fsp3) is 0.538. The van der Waals surface area contributed by atoms with Gasteiger partial charge in [-0.1, -0.05) is 13.0 Å². The molecule has 0 aliphatic rings. The lowest BCUT2D eigenvalue weighted by molar-refractivity contribution is 0.263. The molecular weight excluding hydrogens is 200 g/mol. The fourth-order valence-electron chi connectivity index (χ4n) is 1.62. The highest BCUT2D eigenvalue weighted by Gasteiger charge is 1.97. The molecule has 3 heteroatoms. The van der Waals surface area contributed by atoms with Crippen LogP contribution in [0, 0.1) is 0 Å². The van der Waals surface area contributed by atoms with E-state index in [4.69, 9.17) is 10.5 Å². The number of benzene rings is 1. The number of nitrogens with two attached hydrogens (primary N) is 1. The summed E-state index contributed by atoms with van der Waals surface area (Å²) < 4.78 is 5.61. The third-order valence-corrected chi connectivity index (χ3v) is 2.42. The van der Waals surface area contributed by atoms with Gasteiger partial charge in [-0.15, -0.1) is 0 Å². The first kappa shape index (κ1) is 12.8. The molecule has 0 spiro atoms. The van der Waals surface area contributed by atoms with Gasteiger partial charge < -0.3 is 15.4 Å². The summed E-state index contributed by atoms with van der Waals surface area (Å²) in [6.07, 6.45) is 2.25. The average Bonchev–Trinajstić information content (AvgIpc) is 2.25. The van der Waals surface area contributed by atoms with Crippen LogP contribution in [0.3, 0.4) is 0 Å². The van der Waals surface area contributed by atoms with Gasteiger partial charge in [0.2, 0.25) is 0 Å². The Labute approximate surface area is 98.2 Å². The minimum absolute atomic E-state index is 0.748. The van der Waals surface area contributed by atoms with Crippen molar-refractivity contribution in [2.75, 3.05) is 32.5 Å². The van der Waals surface area contributed by atoms with Crippen molar-refractivity contribution in [1.82, 2.24) is 4.90 Å². The molecule has 3 nitrogen and oxygen atoms in total. The van der Waals surface area contributed by atoms with E-state index in [0.717, 1.165) is 37.6 Å². The number of rotatable bonds is 7. The maximum absolute atomic E-state index is 5.66. The molecule has 0 unspecified atom stereocenters.